The summed E-state index contributed by atoms with van der Waals surface area (Å²) in [6, 6.07) is 10.5. The van der Waals surface area contributed by atoms with Gasteiger partial charge in [-0.05, 0) is 60.2 Å². The van der Waals surface area contributed by atoms with Crippen molar-refractivity contribution >= 4 is 0 Å². The second kappa shape index (κ2) is 9.85. The van der Waals surface area contributed by atoms with Crippen LogP contribution in [0.4, 0.5) is 0 Å². The molecule has 0 fully saturated rings. The molecule has 158 valence electrons. The van der Waals surface area contributed by atoms with Gasteiger partial charge < -0.3 is 24.1 Å². The van der Waals surface area contributed by atoms with Gasteiger partial charge in [-0.15, -0.1) is 0 Å². The summed E-state index contributed by atoms with van der Waals surface area (Å²) in [7, 11) is 6.63. The molecule has 2 aromatic carbocycles. The minimum Gasteiger partial charge on any atom is -0.493 e. The first kappa shape index (κ1) is 21.3. The largest absolute Gasteiger partial charge is 0.493 e. The molecule has 6 heteroatoms. The molecule has 0 unspecified atom stereocenters. The maximum absolute atomic E-state index is 9.35. The smallest absolute Gasteiger partial charge is 0.161 e. The third-order valence-electron chi connectivity index (χ3n) is 5.59. The molecule has 1 aliphatic heterocycles. The molecule has 0 saturated carbocycles. The SMILES string of the molecule is COc1ccc(C[C@@H]2c3cc(OC)c(OC)cc3CCN2CCCO)cc1OC. The van der Waals surface area contributed by atoms with E-state index < -0.39 is 0 Å². The number of hydrogen-bond acceptors (Lipinski definition) is 6. The molecule has 1 N–H and O–H groups in total. The first-order chi connectivity index (χ1) is 14.1. The molecule has 1 heterocycles. The molecule has 0 aliphatic carbocycles. The van der Waals surface area contributed by atoms with Crippen molar-refractivity contribution in [1.29, 1.82) is 0 Å². The lowest BCUT2D eigenvalue weighted by Gasteiger charge is -2.38. The zero-order valence-corrected chi connectivity index (χ0v) is 17.7. The second-order valence-electron chi connectivity index (χ2n) is 7.18. The monoisotopic (exact) mass is 401 g/mol. The first-order valence-corrected chi connectivity index (χ1v) is 9.95. The van der Waals surface area contributed by atoms with Gasteiger partial charge in [0.1, 0.15) is 0 Å². The van der Waals surface area contributed by atoms with Gasteiger partial charge >= 0.3 is 0 Å². The number of rotatable bonds is 9. The number of ether oxygens (including phenoxy) is 4. The molecule has 0 spiro atoms. The number of aliphatic hydroxyl groups excluding tert-OH is 1. The number of aliphatic hydroxyl groups is 1. The fourth-order valence-corrected chi connectivity index (χ4v) is 4.09. The summed E-state index contributed by atoms with van der Waals surface area (Å²) in [6.45, 7) is 1.99. The Morgan fingerprint density at radius 2 is 1.55 bits per heavy atom. The summed E-state index contributed by atoms with van der Waals surface area (Å²) >= 11 is 0. The Hall–Kier alpha value is -2.44. The third-order valence-corrected chi connectivity index (χ3v) is 5.59. The van der Waals surface area contributed by atoms with E-state index >= 15 is 0 Å². The number of fused-ring (bicyclic) bond motifs is 1. The molecule has 6 nitrogen and oxygen atoms in total. The van der Waals surface area contributed by atoms with E-state index in [1.54, 1.807) is 28.4 Å². The summed E-state index contributed by atoms with van der Waals surface area (Å²) in [5, 5.41) is 9.35. The fraction of sp³-hybridized carbons (Fsp3) is 0.478. The minimum absolute atomic E-state index is 0.184. The second-order valence-corrected chi connectivity index (χ2v) is 7.18. The van der Waals surface area contributed by atoms with E-state index in [0.29, 0.717) is 0 Å². The summed E-state index contributed by atoms with van der Waals surface area (Å²) < 4.78 is 21.9. The van der Waals surface area contributed by atoms with Gasteiger partial charge in [0.15, 0.2) is 23.0 Å². The van der Waals surface area contributed by atoms with Crippen molar-refractivity contribution in [3.63, 3.8) is 0 Å². The van der Waals surface area contributed by atoms with Crippen LogP contribution in [-0.2, 0) is 12.8 Å². The Bertz CT molecular complexity index is 823. The Labute approximate surface area is 173 Å². The van der Waals surface area contributed by atoms with Crippen molar-refractivity contribution in [2.24, 2.45) is 0 Å². The average molecular weight is 402 g/mol. The lowest BCUT2D eigenvalue weighted by Crippen LogP contribution is -2.37. The highest BCUT2D eigenvalue weighted by molar-refractivity contribution is 5.50. The van der Waals surface area contributed by atoms with Gasteiger partial charge in [-0.1, -0.05) is 6.07 Å². The van der Waals surface area contributed by atoms with Gasteiger partial charge in [0.25, 0.3) is 0 Å². The van der Waals surface area contributed by atoms with E-state index in [0.717, 1.165) is 55.4 Å². The predicted octanol–water partition coefficient (Wildman–Crippen LogP) is 3.25. The lowest BCUT2D eigenvalue weighted by molar-refractivity contribution is 0.163. The summed E-state index contributed by atoms with van der Waals surface area (Å²) in [4.78, 5) is 2.45. The van der Waals surface area contributed by atoms with Gasteiger partial charge in [0, 0.05) is 25.7 Å². The van der Waals surface area contributed by atoms with Crippen molar-refractivity contribution in [3.8, 4) is 23.0 Å². The molecule has 2 aromatic rings. The van der Waals surface area contributed by atoms with Crippen LogP contribution in [0.1, 0.15) is 29.2 Å². The predicted molar refractivity (Wildman–Crippen MR) is 113 cm³/mol. The molecule has 29 heavy (non-hydrogen) atoms. The lowest BCUT2D eigenvalue weighted by atomic mass is 9.88. The van der Waals surface area contributed by atoms with Gasteiger partial charge in [0.05, 0.1) is 28.4 Å². The van der Waals surface area contributed by atoms with Crippen LogP contribution in [-0.4, -0.2) is 58.1 Å². The van der Waals surface area contributed by atoms with Gasteiger partial charge in [-0.25, -0.2) is 0 Å². The Morgan fingerprint density at radius 3 is 2.21 bits per heavy atom. The molecule has 0 amide bonds. The highest BCUT2D eigenvalue weighted by atomic mass is 16.5. The van der Waals surface area contributed by atoms with Gasteiger partial charge in [0.2, 0.25) is 0 Å². The molecule has 0 saturated heterocycles. The summed E-state index contributed by atoms with van der Waals surface area (Å²) in [6.07, 6.45) is 2.53. The normalized spacial score (nSPS) is 16.2. The molecular weight excluding hydrogens is 370 g/mol. The topological polar surface area (TPSA) is 60.4 Å². The maximum atomic E-state index is 9.35. The fourth-order valence-electron chi connectivity index (χ4n) is 4.09. The van der Waals surface area contributed by atoms with E-state index in [-0.39, 0.29) is 12.6 Å². The van der Waals surface area contributed by atoms with E-state index in [1.165, 1.54) is 16.7 Å². The van der Waals surface area contributed by atoms with E-state index in [9.17, 15) is 5.11 Å². The number of hydrogen-bond donors (Lipinski definition) is 1. The standard InChI is InChI=1S/C23H31NO5/c1-26-20-7-6-16(13-21(20)27-2)12-19-18-15-23(29-4)22(28-3)14-17(18)8-10-24(19)9-5-11-25/h6-7,13-15,19,25H,5,8-12H2,1-4H3/t19-/m1/s1. The van der Waals surface area contributed by atoms with Crippen LogP contribution in [0.25, 0.3) is 0 Å². The Balaban J connectivity index is 1.98. The number of nitrogens with zero attached hydrogens (tertiary/aromatic N) is 1. The van der Waals surface area contributed by atoms with Gasteiger partial charge in [-0.3, -0.25) is 4.90 Å². The summed E-state index contributed by atoms with van der Waals surface area (Å²) in [5.41, 5.74) is 3.71. The Kier molecular flexibility index (Phi) is 7.23. The molecule has 0 aromatic heterocycles. The van der Waals surface area contributed by atoms with Crippen LogP contribution in [0.15, 0.2) is 30.3 Å². The van der Waals surface area contributed by atoms with Crippen LogP contribution in [0.3, 0.4) is 0 Å². The van der Waals surface area contributed by atoms with Crippen LogP contribution >= 0.6 is 0 Å². The highest BCUT2D eigenvalue weighted by Gasteiger charge is 2.29. The summed E-state index contributed by atoms with van der Waals surface area (Å²) in [5.74, 6) is 2.96. The highest BCUT2D eigenvalue weighted by Crippen LogP contribution is 2.40. The van der Waals surface area contributed by atoms with Crippen LogP contribution in [0, 0.1) is 0 Å². The molecule has 1 aliphatic rings. The van der Waals surface area contributed by atoms with E-state index in [4.69, 9.17) is 18.9 Å². The zero-order valence-electron chi connectivity index (χ0n) is 17.7. The van der Waals surface area contributed by atoms with E-state index in [2.05, 4.69) is 23.1 Å². The van der Waals surface area contributed by atoms with Crippen LogP contribution in [0.5, 0.6) is 23.0 Å². The number of methoxy groups -OCH3 is 4. The minimum atomic E-state index is 0.184. The van der Waals surface area contributed by atoms with Crippen molar-refractivity contribution < 1.29 is 24.1 Å². The van der Waals surface area contributed by atoms with Crippen molar-refractivity contribution in [3.05, 3.63) is 47.0 Å². The first-order valence-electron chi connectivity index (χ1n) is 9.95. The maximum Gasteiger partial charge on any atom is 0.161 e. The average Bonchev–Trinajstić information content (AvgIpc) is 2.77. The molecule has 0 radical (unpaired) electrons. The quantitative estimate of drug-likeness (QED) is 0.696. The zero-order chi connectivity index (χ0) is 20.8. The van der Waals surface area contributed by atoms with E-state index in [1.807, 2.05) is 12.1 Å². The number of benzene rings is 2. The third kappa shape index (κ3) is 4.60. The Morgan fingerprint density at radius 1 is 0.897 bits per heavy atom. The van der Waals surface area contributed by atoms with Crippen LogP contribution in [0.2, 0.25) is 0 Å². The molecular formula is C23H31NO5. The molecule has 1 atom stereocenters. The molecule has 3 rings (SSSR count). The van der Waals surface area contributed by atoms with Crippen molar-refractivity contribution in [1.82, 2.24) is 4.90 Å². The van der Waals surface area contributed by atoms with Crippen molar-refractivity contribution in [2.75, 3.05) is 48.1 Å². The van der Waals surface area contributed by atoms with Crippen molar-refractivity contribution in [2.45, 2.75) is 25.3 Å². The van der Waals surface area contributed by atoms with Crippen LogP contribution < -0.4 is 18.9 Å². The van der Waals surface area contributed by atoms with Gasteiger partial charge in [-0.2, -0.15) is 0 Å². The molecule has 0 bridgehead atoms.